The fraction of sp³-hybridized carbons (Fsp3) is 0.423. The van der Waals surface area contributed by atoms with E-state index in [1.54, 1.807) is 9.80 Å². The van der Waals surface area contributed by atoms with E-state index in [0.717, 1.165) is 60.7 Å². The lowest BCUT2D eigenvalue weighted by Crippen LogP contribution is -2.41. The number of carbonyl (C=O) groups is 2. The van der Waals surface area contributed by atoms with E-state index in [2.05, 4.69) is 4.90 Å². The van der Waals surface area contributed by atoms with Crippen LogP contribution in [0, 0.1) is 12.8 Å². The number of thiazole rings is 1. The molecular formula is C26H30Cl2N4O3S. The van der Waals surface area contributed by atoms with Crippen LogP contribution in [0.5, 0.6) is 0 Å². The molecule has 0 N–H and O–H groups in total. The summed E-state index contributed by atoms with van der Waals surface area (Å²) in [6.45, 7) is 7.11. The zero-order valence-electron chi connectivity index (χ0n) is 20.2. The minimum Gasteiger partial charge on any atom is -0.379 e. The second-order valence-corrected chi connectivity index (χ2v) is 10.5. The second-order valence-electron chi connectivity index (χ2n) is 9.05. The van der Waals surface area contributed by atoms with Crippen LogP contribution in [0.3, 0.4) is 0 Å². The Bertz CT molecular complexity index is 1220. The number of rotatable bonds is 7. The van der Waals surface area contributed by atoms with Crippen molar-refractivity contribution < 1.29 is 14.3 Å². The van der Waals surface area contributed by atoms with Gasteiger partial charge in [0, 0.05) is 49.9 Å². The fourth-order valence-electron chi connectivity index (χ4n) is 4.73. The van der Waals surface area contributed by atoms with Gasteiger partial charge in [-0.3, -0.25) is 19.4 Å². The maximum absolute atomic E-state index is 13.8. The van der Waals surface area contributed by atoms with Crippen LogP contribution in [0.2, 0.25) is 5.02 Å². The number of aromatic nitrogens is 1. The quantitative estimate of drug-likeness (QED) is 0.424. The van der Waals surface area contributed by atoms with Crippen LogP contribution in [0.1, 0.15) is 18.4 Å². The van der Waals surface area contributed by atoms with Gasteiger partial charge in [0.15, 0.2) is 5.13 Å². The molecule has 1 atom stereocenters. The largest absolute Gasteiger partial charge is 0.379 e. The molecule has 5 rings (SSSR count). The summed E-state index contributed by atoms with van der Waals surface area (Å²) >= 11 is 7.83. The molecule has 1 unspecified atom stereocenters. The third kappa shape index (κ3) is 5.68. The first kappa shape index (κ1) is 26.8. The molecule has 3 heterocycles. The van der Waals surface area contributed by atoms with E-state index < -0.39 is 5.92 Å². The van der Waals surface area contributed by atoms with Crippen molar-refractivity contribution in [2.45, 2.75) is 19.8 Å². The Hall–Kier alpha value is -2.23. The Morgan fingerprint density at radius 3 is 2.69 bits per heavy atom. The molecule has 0 radical (unpaired) electrons. The van der Waals surface area contributed by atoms with Crippen LogP contribution in [0.25, 0.3) is 10.2 Å². The average Bonchev–Trinajstić information content (AvgIpc) is 3.49. The average molecular weight is 550 g/mol. The van der Waals surface area contributed by atoms with E-state index in [-0.39, 0.29) is 30.6 Å². The van der Waals surface area contributed by atoms with Crippen LogP contribution in [0.15, 0.2) is 42.5 Å². The van der Waals surface area contributed by atoms with E-state index in [9.17, 15) is 9.59 Å². The lowest BCUT2D eigenvalue weighted by molar-refractivity contribution is -0.124. The monoisotopic (exact) mass is 548 g/mol. The number of carbonyl (C=O) groups excluding carboxylic acids is 2. The fourth-order valence-corrected chi connectivity index (χ4v) is 5.94. The summed E-state index contributed by atoms with van der Waals surface area (Å²) in [5.41, 5.74) is 2.58. The van der Waals surface area contributed by atoms with Crippen molar-refractivity contribution in [1.29, 1.82) is 0 Å². The SMILES string of the molecule is Cc1c(Cl)ccc2sc(N(CCCN3CCOCC3)C(=O)C3CC(=O)N(c4ccccc4)C3)nc12.Cl. The molecule has 0 bridgehead atoms. The molecule has 2 aliphatic heterocycles. The highest BCUT2D eigenvalue weighted by Gasteiger charge is 2.38. The van der Waals surface area contributed by atoms with Crippen LogP contribution >= 0.6 is 35.3 Å². The van der Waals surface area contributed by atoms with Crippen molar-refractivity contribution in [3.8, 4) is 0 Å². The van der Waals surface area contributed by atoms with Crippen molar-refractivity contribution in [1.82, 2.24) is 9.88 Å². The van der Waals surface area contributed by atoms with E-state index >= 15 is 0 Å². The lowest BCUT2D eigenvalue weighted by atomic mass is 10.1. The highest BCUT2D eigenvalue weighted by atomic mass is 35.5. The molecule has 2 saturated heterocycles. The van der Waals surface area contributed by atoms with Gasteiger partial charge in [-0.25, -0.2) is 4.98 Å². The number of amides is 2. The molecule has 2 aromatic carbocycles. The molecule has 2 fully saturated rings. The number of para-hydroxylation sites is 1. The molecule has 2 amide bonds. The summed E-state index contributed by atoms with van der Waals surface area (Å²) in [7, 11) is 0. The number of fused-ring (bicyclic) bond motifs is 1. The smallest absolute Gasteiger partial charge is 0.234 e. The van der Waals surface area contributed by atoms with Crippen molar-refractivity contribution in [2.24, 2.45) is 5.92 Å². The third-order valence-corrected chi connectivity index (χ3v) is 8.19. The first-order valence-corrected chi connectivity index (χ1v) is 13.2. The predicted octanol–water partition coefficient (Wildman–Crippen LogP) is 4.79. The Morgan fingerprint density at radius 2 is 1.94 bits per heavy atom. The van der Waals surface area contributed by atoms with Gasteiger partial charge < -0.3 is 9.64 Å². The molecule has 10 heteroatoms. The van der Waals surface area contributed by atoms with Gasteiger partial charge in [-0.05, 0) is 43.2 Å². The number of hydrogen-bond acceptors (Lipinski definition) is 6. The number of hydrogen-bond donors (Lipinski definition) is 0. The third-order valence-electron chi connectivity index (χ3n) is 6.74. The molecule has 0 aliphatic carbocycles. The minimum atomic E-state index is -0.400. The molecular weight excluding hydrogens is 519 g/mol. The molecule has 192 valence electrons. The predicted molar refractivity (Wildman–Crippen MR) is 148 cm³/mol. The Kier molecular flexibility index (Phi) is 8.85. The van der Waals surface area contributed by atoms with Gasteiger partial charge in [0.25, 0.3) is 0 Å². The standard InChI is InChI=1S/C26H29ClN4O3S.ClH/c1-18-21(27)8-9-22-24(18)28-26(35-22)30(11-5-10-29-12-14-34-15-13-29)25(33)19-16-23(32)31(17-19)20-6-3-2-4-7-20;/h2-4,6-9,19H,5,10-17H2,1H3;1H. The molecule has 2 aliphatic rings. The first-order chi connectivity index (χ1) is 17.0. The first-order valence-electron chi connectivity index (χ1n) is 12.0. The highest BCUT2D eigenvalue weighted by Crippen LogP contribution is 2.35. The Morgan fingerprint density at radius 1 is 1.19 bits per heavy atom. The maximum Gasteiger partial charge on any atom is 0.234 e. The van der Waals surface area contributed by atoms with Gasteiger partial charge in [0.2, 0.25) is 11.8 Å². The number of ether oxygens (including phenoxy) is 1. The van der Waals surface area contributed by atoms with Gasteiger partial charge >= 0.3 is 0 Å². The van der Waals surface area contributed by atoms with Crippen molar-refractivity contribution in [3.63, 3.8) is 0 Å². The highest BCUT2D eigenvalue weighted by molar-refractivity contribution is 7.22. The number of benzene rings is 2. The number of anilines is 2. The summed E-state index contributed by atoms with van der Waals surface area (Å²) in [6.07, 6.45) is 1.04. The van der Waals surface area contributed by atoms with Crippen molar-refractivity contribution in [2.75, 3.05) is 55.7 Å². The van der Waals surface area contributed by atoms with Gasteiger partial charge in [0.05, 0.1) is 29.3 Å². The van der Waals surface area contributed by atoms with Crippen LogP contribution < -0.4 is 9.80 Å². The summed E-state index contributed by atoms with van der Waals surface area (Å²) in [5, 5.41) is 1.34. The summed E-state index contributed by atoms with van der Waals surface area (Å²) in [4.78, 5) is 37.4. The molecule has 1 aromatic heterocycles. The van der Waals surface area contributed by atoms with Gasteiger partial charge in [0.1, 0.15) is 0 Å². The summed E-state index contributed by atoms with van der Waals surface area (Å²) in [5.74, 6) is -0.459. The second kappa shape index (κ2) is 11.9. The number of halogens is 2. The van der Waals surface area contributed by atoms with E-state index in [4.69, 9.17) is 21.3 Å². The number of morpholine rings is 1. The van der Waals surface area contributed by atoms with Crippen molar-refractivity contribution >= 4 is 68.2 Å². The normalized spacial score (nSPS) is 18.4. The lowest BCUT2D eigenvalue weighted by Gasteiger charge is -2.28. The Balaban J connectivity index is 0.00000304. The zero-order valence-corrected chi connectivity index (χ0v) is 22.6. The minimum absolute atomic E-state index is 0. The Labute approximate surface area is 226 Å². The maximum atomic E-state index is 13.8. The van der Waals surface area contributed by atoms with E-state index in [1.807, 2.05) is 49.4 Å². The van der Waals surface area contributed by atoms with Gasteiger partial charge in [-0.15, -0.1) is 12.4 Å². The summed E-state index contributed by atoms with van der Waals surface area (Å²) < 4.78 is 6.45. The molecule has 0 spiro atoms. The van der Waals surface area contributed by atoms with Gasteiger partial charge in [-0.1, -0.05) is 41.1 Å². The molecule has 3 aromatic rings. The van der Waals surface area contributed by atoms with Gasteiger partial charge in [-0.2, -0.15) is 0 Å². The van der Waals surface area contributed by atoms with Crippen LogP contribution in [0.4, 0.5) is 10.8 Å². The number of aryl methyl sites for hydroxylation is 1. The zero-order chi connectivity index (χ0) is 24.4. The van der Waals surface area contributed by atoms with Crippen molar-refractivity contribution in [3.05, 3.63) is 53.1 Å². The van der Waals surface area contributed by atoms with Crippen LogP contribution in [-0.4, -0.2) is 67.6 Å². The topological polar surface area (TPSA) is 66.0 Å². The summed E-state index contributed by atoms with van der Waals surface area (Å²) in [6, 6.07) is 13.4. The molecule has 36 heavy (non-hydrogen) atoms. The van der Waals surface area contributed by atoms with Crippen LogP contribution in [-0.2, 0) is 14.3 Å². The number of nitrogens with zero attached hydrogens (tertiary/aromatic N) is 4. The van der Waals surface area contributed by atoms with E-state index in [1.165, 1.54) is 11.3 Å². The molecule has 0 saturated carbocycles. The van der Waals surface area contributed by atoms with E-state index in [0.29, 0.717) is 23.2 Å². The molecule has 7 nitrogen and oxygen atoms in total.